The number of ether oxygens (including phenoxy) is 1. The molecule has 5 heteroatoms. The Balaban J connectivity index is 1.86. The second kappa shape index (κ2) is 6.16. The van der Waals surface area contributed by atoms with Crippen molar-refractivity contribution in [2.24, 2.45) is 10.2 Å². The molecule has 25 heavy (non-hydrogen) atoms. The van der Waals surface area contributed by atoms with Crippen molar-refractivity contribution in [2.75, 3.05) is 18.6 Å². The number of benzene rings is 2. The molecule has 126 valence electrons. The molecule has 1 unspecified atom stereocenters. The van der Waals surface area contributed by atoms with Crippen molar-refractivity contribution < 1.29 is 9.53 Å². The smallest absolute Gasteiger partial charge is 0.336 e. The molecule has 0 N–H and O–H groups in total. The van der Waals surface area contributed by atoms with E-state index in [9.17, 15) is 4.79 Å². The maximum Gasteiger partial charge on any atom is 0.336 e. The lowest BCUT2D eigenvalue weighted by Gasteiger charge is -2.26. The summed E-state index contributed by atoms with van der Waals surface area (Å²) in [6, 6.07) is 14.0. The van der Waals surface area contributed by atoms with Gasteiger partial charge in [0.15, 0.2) is 0 Å². The van der Waals surface area contributed by atoms with Gasteiger partial charge in [0, 0.05) is 17.8 Å². The highest BCUT2D eigenvalue weighted by molar-refractivity contribution is 6.15. The van der Waals surface area contributed by atoms with Crippen LogP contribution in [-0.4, -0.2) is 31.9 Å². The average Bonchev–Trinajstić information content (AvgIpc) is 3.19. The molecule has 5 nitrogen and oxygen atoms in total. The molecular weight excluding hydrogens is 314 g/mol. The van der Waals surface area contributed by atoms with Crippen molar-refractivity contribution >= 4 is 23.4 Å². The number of esters is 1. The maximum atomic E-state index is 12.7. The van der Waals surface area contributed by atoms with Gasteiger partial charge in [0.05, 0.1) is 35.5 Å². The van der Waals surface area contributed by atoms with E-state index in [0.29, 0.717) is 12.2 Å². The summed E-state index contributed by atoms with van der Waals surface area (Å²) in [7, 11) is 2.02. The van der Waals surface area contributed by atoms with Crippen molar-refractivity contribution in [1.29, 1.82) is 0 Å². The van der Waals surface area contributed by atoms with Gasteiger partial charge in [-0.25, -0.2) is 4.79 Å². The first kappa shape index (κ1) is 15.6. The molecular formula is C20H19N3O2. The second-order valence-corrected chi connectivity index (χ2v) is 6.19. The van der Waals surface area contributed by atoms with E-state index in [4.69, 9.17) is 4.74 Å². The van der Waals surface area contributed by atoms with Crippen molar-refractivity contribution in [3.63, 3.8) is 0 Å². The molecule has 0 saturated carbocycles. The summed E-state index contributed by atoms with van der Waals surface area (Å²) in [5.41, 5.74) is 3.87. The van der Waals surface area contributed by atoms with Gasteiger partial charge >= 0.3 is 5.97 Å². The van der Waals surface area contributed by atoms with Crippen LogP contribution in [-0.2, 0) is 16.0 Å². The number of carbonyl (C=O) groups is 1. The highest BCUT2D eigenvalue weighted by Gasteiger charge is 2.35. The summed E-state index contributed by atoms with van der Waals surface area (Å²) < 4.78 is 5.36. The predicted molar refractivity (Wildman–Crippen MR) is 97.2 cm³/mol. The Hall–Kier alpha value is -2.95. The third kappa shape index (κ3) is 2.52. The summed E-state index contributed by atoms with van der Waals surface area (Å²) in [5.74, 6) is -0.249. The first-order chi connectivity index (χ1) is 12.2. The van der Waals surface area contributed by atoms with E-state index in [-0.39, 0.29) is 12.0 Å². The van der Waals surface area contributed by atoms with Crippen molar-refractivity contribution in [2.45, 2.75) is 19.4 Å². The third-order valence-electron chi connectivity index (χ3n) is 4.76. The summed E-state index contributed by atoms with van der Waals surface area (Å²) in [6.07, 6.45) is 2.50. The number of fused-ring (bicyclic) bond motifs is 3. The fraction of sp³-hybridized carbons (Fsp3) is 0.250. The molecule has 0 aliphatic carbocycles. The van der Waals surface area contributed by atoms with E-state index < -0.39 is 0 Å². The molecule has 0 aromatic heterocycles. The molecule has 4 rings (SSSR count). The standard InChI is InChI=1S/C20H19N3O2/c1-3-25-20(24)18-14-9-10-16-15(12-21-22-16)19(14)23(2)17(18)11-13-7-5-4-6-8-13/h4-10,12,17H,3,11H2,1-2H3. The van der Waals surface area contributed by atoms with Crippen LogP contribution in [0.25, 0.3) is 5.57 Å². The Bertz CT molecular complexity index is 980. The SMILES string of the molecule is CCOC(=O)C1=c2ccc3c(c2N(C)C1Cc1ccccc1)C=NN=3. The Morgan fingerprint density at radius 3 is 2.76 bits per heavy atom. The predicted octanol–water partition coefficient (Wildman–Crippen LogP) is 1.43. The number of likely N-dealkylation sites (N-methyl/N-ethyl adjacent to an activating group) is 1. The lowest BCUT2D eigenvalue weighted by Crippen LogP contribution is -2.34. The number of carbonyl (C=O) groups excluding carboxylic acids is 1. The van der Waals surface area contributed by atoms with Gasteiger partial charge in [0.1, 0.15) is 0 Å². The Kier molecular flexibility index (Phi) is 3.84. The highest BCUT2D eigenvalue weighted by Crippen LogP contribution is 2.29. The fourth-order valence-corrected chi connectivity index (χ4v) is 3.62. The molecule has 2 aromatic rings. The lowest BCUT2D eigenvalue weighted by molar-refractivity contribution is -0.136. The van der Waals surface area contributed by atoms with Crippen molar-refractivity contribution in [1.82, 2.24) is 0 Å². The number of hydrogen-bond donors (Lipinski definition) is 0. The van der Waals surface area contributed by atoms with Gasteiger partial charge in [-0.1, -0.05) is 36.4 Å². The summed E-state index contributed by atoms with van der Waals surface area (Å²) in [4.78, 5) is 14.9. The molecule has 1 atom stereocenters. The fourth-order valence-electron chi connectivity index (χ4n) is 3.62. The molecule has 2 heterocycles. The van der Waals surface area contributed by atoms with E-state index >= 15 is 0 Å². The van der Waals surface area contributed by atoms with E-state index in [1.165, 1.54) is 5.56 Å². The first-order valence-electron chi connectivity index (χ1n) is 8.43. The van der Waals surface area contributed by atoms with Crippen LogP contribution in [0.3, 0.4) is 0 Å². The van der Waals surface area contributed by atoms with Crippen LogP contribution < -0.4 is 15.5 Å². The Morgan fingerprint density at radius 2 is 2.00 bits per heavy atom. The van der Waals surface area contributed by atoms with Gasteiger partial charge in [-0.3, -0.25) is 0 Å². The van der Waals surface area contributed by atoms with Crippen molar-refractivity contribution in [3.8, 4) is 0 Å². The molecule has 0 saturated heterocycles. The first-order valence-corrected chi connectivity index (χ1v) is 8.43. The maximum absolute atomic E-state index is 12.7. The second-order valence-electron chi connectivity index (χ2n) is 6.19. The van der Waals surface area contributed by atoms with Gasteiger partial charge in [-0.05, 0) is 25.0 Å². The van der Waals surface area contributed by atoms with E-state index in [1.807, 2.05) is 44.3 Å². The van der Waals surface area contributed by atoms with Gasteiger partial charge in [-0.15, -0.1) is 0 Å². The number of nitrogens with zero attached hydrogens (tertiary/aromatic N) is 3. The van der Waals surface area contributed by atoms with Crippen LogP contribution in [0, 0.1) is 0 Å². The molecule has 0 fully saturated rings. The summed E-state index contributed by atoms with van der Waals surface area (Å²) in [6.45, 7) is 2.19. The van der Waals surface area contributed by atoms with Gasteiger partial charge in [0.25, 0.3) is 0 Å². The van der Waals surface area contributed by atoms with E-state index in [0.717, 1.165) is 28.2 Å². The van der Waals surface area contributed by atoms with Crippen LogP contribution in [0.2, 0.25) is 0 Å². The largest absolute Gasteiger partial charge is 0.463 e. The molecule has 0 radical (unpaired) electrons. The normalized spacial score (nSPS) is 17.3. The lowest BCUT2D eigenvalue weighted by atomic mass is 9.99. The summed E-state index contributed by atoms with van der Waals surface area (Å²) >= 11 is 0. The number of rotatable bonds is 4. The van der Waals surface area contributed by atoms with Crippen LogP contribution in [0.1, 0.15) is 18.1 Å². The van der Waals surface area contributed by atoms with Crippen LogP contribution in [0.15, 0.2) is 52.7 Å². The molecule has 0 spiro atoms. The van der Waals surface area contributed by atoms with Gasteiger partial charge in [0.2, 0.25) is 0 Å². The minimum Gasteiger partial charge on any atom is -0.463 e. The van der Waals surface area contributed by atoms with Gasteiger partial charge in [-0.2, -0.15) is 10.2 Å². The quantitative estimate of drug-likeness (QED) is 0.796. The molecule has 2 aliphatic rings. The highest BCUT2D eigenvalue weighted by atomic mass is 16.5. The van der Waals surface area contributed by atoms with E-state index in [1.54, 1.807) is 6.21 Å². The molecule has 2 aromatic carbocycles. The zero-order valence-corrected chi connectivity index (χ0v) is 14.3. The third-order valence-corrected chi connectivity index (χ3v) is 4.76. The molecule has 2 aliphatic heterocycles. The topological polar surface area (TPSA) is 54.3 Å². The van der Waals surface area contributed by atoms with Crippen LogP contribution in [0.5, 0.6) is 0 Å². The van der Waals surface area contributed by atoms with Gasteiger partial charge < -0.3 is 9.64 Å². The van der Waals surface area contributed by atoms with Crippen molar-refractivity contribution in [3.05, 3.63) is 64.2 Å². The Morgan fingerprint density at radius 1 is 1.20 bits per heavy atom. The van der Waals surface area contributed by atoms with Crippen LogP contribution >= 0.6 is 0 Å². The van der Waals surface area contributed by atoms with Crippen LogP contribution in [0.4, 0.5) is 5.69 Å². The Labute approximate surface area is 146 Å². The number of hydrogen-bond acceptors (Lipinski definition) is 5. The monoisotopic (exact) mass is 333 g/mol. The minimum atomic E-state index is -0.249. The zero-order chi connectivity index (χ0) is 17.4. The summed E-state index contributed by atoms with van der Waals surface area (Å²) in [5, 5.41) is 9.93. The minimum absolute atomic E-state index is 0.0723. The molecule has 0 bridgehead atoms. The van der Waals surface area contributed by atoms with E-state index in [2.05, 4.69) is 27.2 Å². The number of anilines is 1. The zero-order valence-electron chi connectivity index (χ0n) is 14.3. The average molecular weight is 333 g/mol. The molecule has 0 amide bonds.